The molecule has 0 aliphatic carbocycles. The van der Waals surface area contributed by atoms with Gasteiger partial charge in [0.05, 0.1) is 0 Å². The van der Waals surface area contributed by atoms with Crippen molar-refractivity contribution < 1.29 is 28.6 Å². The molecule has 0 amide bonds. The van der Waals surface area contributed by atoms with Gasteiger partial charge in [-0.05, 0) is 31.1 Å². The molecule has 0 heterocycles. The minimum absolute atomic E-state index is 0.0644. The molecule has 56 heavy (non-hydrogen) atoms. The van der Waals surface area contributed by atoms with E-state index in [1.165, 1.54) is 161 Å². The van der Waals surface area contributed by atoms with Crippen molar-refractivity contribution in [2.24, 2.45) is 11.8 Å². The highest BCUT2D eigenvalue weighted by Gasteiger charge is 2.19. The third-order valence-electron chi connectivity index (χ3n) is 11.9. The van der Waals surface area contributed by atoms with Crippen LogP contribution in [-0.4, -0.2) is 37.2 Å². The van der Waals surface area contributed by atoms with Crippen LogP contribution in [0.2, 0.25) is 0 Å². The molecule has 6 nitrogen and oxygen atoms in total. The SMILES string of the molecule is CCCCCCCCCCCCC(=O)OC[C@H](COC(=O)CCCCCCCCCCCCC(C)CC)OC(=O)CCCCCCCCCCCCC(C)CC. The largest absolute Gasteiger partial charge is 0.462 e. The van der Waals surface area contributed by atoms with Gasteiger partial charge in [-0.3, -0.25) is 14.4 Å². The van der Waals surface area contributed by atoms with E-state index >= 15 is 0 Å². The van der Waals surface area contributed by atoms with Crippen LogP contribution in [0.3, 0.4) is 0 Å². The first kappa shape index (κ1) is 54.4. The van der Waals surface area contributed by atoms with Gasteiger partial charge in [-0.2, -0.15) is 0 Å². The van der Waals surface area contributed by atoms with Gasteiger partial charge in [0.2, 0.25) is 0 Å². The maximum absolute atomic E-state index is 12.8. The summed E-state index contributed by atoms with van der Waals surface area (Å²) in [6, 6.07) is 0. The molecule has 0 aromatic carbocycles. The van der Waals surface area contributed by atoms with Crippen LogP contribution in [0, 0.1) is 11.8 Å². The topological polar surface area (TPSA) is 78.9 Å². The first-order valence-electron chi connectivity index (χ1n) is 24.8. The van der Waals surface area contributed by atoms with Gasteiger partial charge in [0, 0.05) is 19.3 Å². The summed E-state index contributed by atoms with van der Waals surface area (Å²) in [5.41, 5.74) is 0. The van der Waals surface area contributed by atoms with Crippen molar-refractivity contribution in [2.75, 3.05) is 13.2 Å². The fraction of sp³-hybridized carbons (Fsp3) is 0.940. The molecular formula is C50H96O6. The average molecular weight is 793 g/mol. The second-order valence-electron chi connectivity index (χ2n) is 17.6. The molecule has 0 aliphatic heterocycles. The summed E-state index contributed by atoms with van der Waals surface area (Å²) in [6.07, 6.45) is 42.1. The van der Waals surface area contributed by atoms with Crippen molar-refractivity contribution in [1.29, 1.82) is 0 Å². The number of carbonyl (C=O) groups excluding carboxylic acids is 3. The molecule has 0 aliphatic rings. The van der Waals surface area contributed by atoms with Gasteiger partial charge in [0.1, 0.15) is 13.2 Å². The molecule has 0 fully saturated rings. The number of rotatable bonds is 44. The highest BCUT2D eigenvalue weighted by molar-refractivity contribution is 5.71. The fourth-order valence-corrected chi connectivity index (χ4v) is 7.39. The number of hydrogen-bond acceptors (Lipinski definition) is 6. The van der Waals surface area contributed by atoms with E-state index in [2.05, 4.69) is 34.6 Å². The molecule has 0 saturated heterocycles. The lowest BCUT2D eigenvalue weighted by Crippen LogP contribution is -2.30. The van der Waals surface area contributed by atoms with Gasteiger partial charge in [-0.15, -0.1) is 0 Å². The Morgan fingerprint density at radius 1 is 0.357 bits per heavy atom. The van der Waals surface area contributed by atoms with Crippen molar-refractivity contribution in [3.8, 4) is 0 Å². The van der Waals surface area contributed by atoms with Crippen LogP contribution < -0.4 is 0 Å². The Bertz CT molecular complexity index is 858. The second kappa shape index (κ2) is 43.0. The normalized spacial score (nSPS) is 13.0. The molecule has 2 unspecified atom stereocenters. The van der Waals surface area contributed by atoms with E-state index in [1.54, 1.807) is 0 Å². The Balaban J connectivity index is 4.33. The summed E-state index contributed by atoms with van der Waals surface area (Å²) < 4.78 is 16.8. The van der Waals surface area contributed by atoms with E-state index in [0.29, 0.717) is 19.3 Å². The van der Waals surface area contributed by atoms with Crippen LogP contribution in [0.5, 0.6) is 0 Å². The van der Waals surface area contributed by atoms with Crippen LogP contribution in [0.4, 0.5) is 0 Å². The van der Waals surface area contributed by atoms with Crippen LogP contribution in [0.15, 0.2) is 0 Å². The molecule has 0 saturated carbocycles. The Hall–Kier alpha value is -1.59. The predicted molar refractivity (Wildman–Crippen MR) is 238 cm³/mol. The molecular weight excluding hydrogens is 697 g/mol. The molecule has 0 radical (unpaired) electrons. The highest BCUT2D eigenvalue weighted by Crippen LogP contribution is 2.18. The zero-order valence-electron chi connectivity index (χ0n) is 38.3. The number of esters is 3. The highest BCUT2D eigenvalue weighted by atomic mass is 16.6. The lowest BCUT2D eigenvalue weighted by atomic mass is 9.99. The summed E-state index contributed by atoms with van der Waals surface area (Å²) in [6.45, 7) is 11.4. The monoisotopic (exact) mass is 793 g/mol. The number of carbonyl (C=O) groups is 3. The van der Waals surface area contributed by atoms with Crippen LogP contribution in [-0.2, 0) is 28.6 Å². The van der Waals surface area contributed by atoms with Gasteiger partial charge < -0.3 is 14.2 Å². The molecule has 0 aromatic rings. The van der Waals surface area contributed by atoms with Crippen LogP contribution in [0.1, 0.15) is 272 Å². The van der Waals surface area contributed by atoms with Crippen molar-refractivity contribution >= 4 is 17.9 Å². The maximum Gasteiger partial charge on any atom is 0.306 e. The first-order chi connectivity index (χ1) is 27.3. The zero-order valence-corrected chi connectivity index (χ0v) is 38.3. The lowest BCUT2D eigenvalue weighted by Gasteiger charge is -2.18. The van der Waals surface area contributed by atoms with Gasteiger partial charge in [-0.1, -0.05) is 234 Å². The van der Waals surface area contributed by atoms with E-state index in [1.807, 2.05) is 0 Å². The minimum Gasteiger partial charge on any atom is -0.462 e. The summed E-state index contributed by atoms with van der Waals surface area (Å²) >= 11 is 0. The maximum atomic E-state index is 12.8. The molecule has 3 atom stereocenters. The Morgan fingerprint density at radius 3 is 0.929 bits per heavy atom. The summed E-state index contributed by atoms with van der Waals surface area (Å²) in [4.78, 5) is 37.8. The predicted octanol–water partition coefficient (Wildman–Crippen LogP) is 15.8. The van der Waals surface area contributed by atoms with E-state index in [-0.39, 0.29) is 31.1 Å². The third-order valence-corrected chi connectivity index (χ3v) is 11.9. The quantitative estimate of drug-likeness (QED) is 0.0347. The molecule has 0 spiro atoms. The molecule has 0 N–H and O–H groups in total. The van der Waals surface area contributed by atoms with Crippen molar-refractivity contribution in [2.45, 2.75) is 278 Å². The third kappa shape index (κ3) is 40.6. The van der Waals surface area contributed by atoms with E-state index in [9.17, 15) is 14.4 Å². The van der Waals surface area contributed by atoms with Crippen molar-refractivity contribution in [1.82, 2.24) is 0 Å². The van der Waals surface area contributed by atoms with Crippen LogP contribution in [0.25, 0.3) is 0 Å². The van der Waals surface area contributed by atoms with Crippen LogP contribution >= 0.6 is 0 Å². The number of hydrogen-bond donors (Lipinski definition) is 0. The lowest BCUT2D eigenvalue weighted by molar-refractivity contribution is -0.167. The summed E-state index contributed by atoms with van der Waals surface area (Å²) in [5.74, 6) is 0.884. The van der Waals surface area contributed by atoms with E-state index < -0.39 is 6.10 Å². The van der Waals surface area contributed by atoms with Gasteiger partial charge >= 0.3 is 17.9 Å². The smallest absolute Gasteiger partial charge is 0.306 e. The van der Waals surface area contributed by atoms with E-state index in [4.69, 9.17) is 14.2 Å². The summed E-state index contributed by atoms with van der Waals surface area (Å²) in [5, 5.41) is 0. The standard InChI is InChI=1S/C50H96O6/c1-6-9-10-11-12-13-20-25-30-35-40-48(51)54-43-47(56-50(53)42-37-32-27-22-17-15-19-24-29-34-39-46(5)8-3)44-55-49(52)41-36-31-26-21-16-14-18-23-28-33-38-45(4)7-2/h45-47H,6-44H2,1-5H3/t45?,46?,47-/m1/s1. The zero-order chi connectivity index (χ0) is 41.2. The molecule has 0 rings (SSSR count). The number of unbranched alkanes of at least 4 members (excludes halogenated alkanes) is 27. The fourth-order valence-electron chi connectivity index (χ4n) is 7.39. The Kier molecular flexibility index (Phi) is 41.8. The Labute approximate surface area is 348 Å². The Morgan fingerprint density at radius 2 is 0.625 bits per heavy atom. The van der Waals surface area contributed by atoms with Gasteiger partial charge in [0.15, 0.2) is 6.10 Å². The number of ether oxygens (including phenoxy) is 3. The first-order valence-corrected chi connectivity index (χ1v) is 24.8. The van der Waals surface area contributed by atoms with E-state index in [0.717, 1.165) is 69.6 Å². The minimum atomic E-state index is -0.761. The van der Waals surface area contributed by atoms with Gasteiger partial charge in [0.25, 0.3) is 0 Å². The molecule has 6 heteroatoms. The summed E-state index contributed by atoms with van der Waals surface area (Å²) in [7, 11) is 0. The van der Waals surface area contributed by atoms with Crippen molar-refractivity contribution in [3.05, 3.63) is 0 Å². The molecule has 0 bridgehead atoms. The molecule has 332 valence electrons. The van der Waals surface area contributed by atoms with Gasteiger partial charge in [-0.25, -0.2) is 0 Å². The average Bonchev–Trinajstić information content (AvgIpc) is 3.19. The second-order valence-corrected chi connectivity index (χ2v) is 17.6. The van der Waals surface area contributed by atoms with Crippen molar-refractivity contribution in [3.63, 3.8) is 0 Å². The molecule has 0 aromatic heterocycles.